The number of rotatable bonds is 5. The van der Waals surface area contributed by atoms with E-state index >= 15 is 0 Å². The second-order valence-corrected chi connectivity index (χ2v) is 7.22. The third kappa shape index (κ3) is 6.71. The molecule has 0 radical (unpaired) electrons. The molecule has 148 valence electrons. The smallest absolute Gasteiger partial charge is 0.858 e. The van der Waals surface area contributed by atoms with E-state index in [1.807, 2.05) is 6.07 Å². The molecule has 0 aliphatic carbocycles. The van der Waals surface area contributed by atoms with Gasteiger partial charge in [0.1, 0.15) is 12.3 Å². The SMILES string of the molecule is N#Cc1cccc(-c2cc([O-])nc(=O)n2[C@H]2C[C@H](O)[C@@H](COP(=O)([O-])O)O2)c1.[Na+].[Na+]. The van der Waals surface area contributed by atoms with Crippen molar-refractivity contribution in [3.8, 4) is 23.2 Å². The summed E-state index contributed by atoms with van der Waals surface area (Å²) < 4.78 is 21.5. The van der Waals surface area contributed by atoms with Crippen LogP contribution in [0.2, 0.25) is 0 Å². The maximum Gasteiger partial charge on any atom is 1.00 e. The molecule has 30 heavy (non-hydrogen) atoms. The number of nitriles is 1. The Morgan fingerprint density at radius 3 is 2.73 bits per heavy atom. The first-order valence-corrected chi connectivity index (χ1v) is 9.50. The average Bonchev–Trinajstić information content (AvgIpc) is 2.99. The van der Waals surface area contributed by atoms with Gasteiger partial charge in [-0.25, -0.2) is 9.78 Å². The topological polar surface area (TPSA) is 181 Å². The summed E-state index contributed by atoms with van der Waals surface area (Å²) in [6, 6.07) is 9.21. The monoisotopic (exact) mass is 453 g/mol. The van der Waals surface area contributed by atoms with E-state index in [1.54, 1.807) is 18.2 Å². The van der Waals surface area contributed by atoms with Crippen LogP contribution in [-0.2, 0) is 13.8 Å². The van der Waals surface area contributed by atoms with E-state index in [0.717, 1.165) is 10.6 Å². The van der Waals surface area contributed by atoms with Gasteiger partial charge in [-0.15, -0.1) is 0 Å². The van der Waals surface area contributed by atoms with Gasteiger partial charge in [-0.3, -0.25) is 9.13 Å². The fourth-order valence-electron chi connectivity index (χ4n) is 2.91. The van der Waals surface area contributed by atoms with Crippen molar-refractivity contribution < 1.29 is 92.9 Å². The van der Waals surface area contributed by atoms with Crippen LogP contribution in [0.4, 0.5) is 0 Å². The Labute approximate surface area is 215 Å². The summed E-state index contributed by atoms with van der Waals surface area (Å²) >= 11 is 0. The summed E-state index contributed by atoms with van der Waals surface area (Å²) in [4.78, 5) is 35.1. The van der Waals surface area contributed by atoms with Gasteiger partial charge in [-0.05, 0) is 29.6 Å². The Kier molecular flexibility index (Phi) is 10.4. The minimum Gasteiger partial charge on any atom is -0.858 e. The molecule has 11 nitrogen and oxygen atoms in total. The van der Waals surface area contributed by atoms with Crippen molar-refractivity contribution >= 4 is 7.82 Å². The number of hydrogen-bond donors (Lipinski definition) is 2. The van der Waals surface area contributed by atoms with E-state index in [2.05, 4.69) is 9.51 Å². The number of phosphoric ester groups is 1. The number of aromatic nitrogens is 2. The Bertz CT molecular complexity index is 1040. The van der Waals surface area contributed by atoms with E-state index in [4.69, 9.17) is 14.9 Å². The zero-order valence-electron chi connectivity index (χ0n) is 16.2. The number of nitrogens with zero attached hydrogens (tertiary/aromatic N) is 3. The third-order valence-corrected chi connectivity index (χ3v) is 4.59. The van der Waals surface area contributed by atoms with Gasteiger partial charge in [-0.1, -0.05) is 12.1 Å². The van der Waals surface area contributed by atoms with Gasteiger partial charge in [-0.2, -0.15) is 5.26 Å². The second kappa shape index (κ2) is 11.3. The number of aliphatic hydroxyl groups is 1. The van der Waals surface area contributed by atoms with E-state index in [9.17, 15) is 24.5 Å². The van der Waals surface area contributed by atoms with Crippen molar-refractivity contribution in [2.24, 2.45) is 0 Å². The summed E-state index contributed by atoms with van der Waals surface area (Å²) in [6.45, 7) is -0.657. The molecule has 1 aliphatic heterocycles. The summed E-state index contributed by atoms with van der Waals surface area (Å²) in [7, 11) is -5.01. The maximum absolute atomic E-state index is 12.4. The van der Waals surface area contributed by atoms with Crippen LogP contribution in [0, 0.1) is 11.3 Å². The van der Waals surface area contributed by atoms with E-state index < -0.39 is 44.4 Å². The molecule has 14 heteroatoms. The van der Waals surface area contributed by atoms with Gasteiger partial charge in [0.25, 0.3) is 7.82 Å². The van der Waals surface area contributed by atoms with Gasteiger partial charge in [0.05, 0.1) is 30.0 Å². The Hall–Kier alpha value is -0.580. The Morgan fingerprint density at radius 2 is 2.10 bits per heavy atom. The quantitative estimate of drug-likeness (QED) is 0.326. The maximum atomic E-state index is 12.4. The molecule has 1 aromatic carbocycles. The zero-order chi connectivity index (χ0) is 20.5. The van der Waals surface area contributed by atoms with Crippen LogP contribution in [0.3, 0.4) is 0 Å². The molecule has 0 spiro atoms. The first-order valence-electron chi connectivity index (χ1n) is 8.01. The average molecular weight is 453 g/mol. The predicted octanol–water partition coefficient (Wildman–Crippen LogP) is -7.01. The number of ether oxygens (including phenoxy) is 1. The molecule has 1 aliphatic rings. The molecule has 2 aromatic rings. The van der Waals surface area contributed by atoms with Crippen molar-refractivity contribution in [1.82, 2.24) is 9.55 Å². The standard InChI is InChI=1S/C16H16N3O8P.2Na/c17-7-9-2-1-3-10(4-9)11-5-14(21)18-16(22)19(11)15-6-12(20)13(27-15)8-26-28(23,24)25;;/h1-5,12-13,15,20H,6,8H2,(H,18,21,22)(H2,23,24,25);;/q;2*+1/p-2/t12-,13+,15+;;/m0../s1. The van der Waals surface area contributed by atoms with Crippen LogP contribution in [0.1, 0.15) is 18.2 Å². The molecule has 4 atom stereocenters. The van der Waals surface area contributed by atoms with Gasteiger partial charge in [0, 0.05) is 6.42 Å². The van der Waals surface area contributed by atoms with Crippen molar-refractivity contribution in [2.45, 2.75) is 24.9 Å². The van der Waals surface area contributed by atoms with Crippen molar-refractivity contribution in [2.75, 3.05) is 6.61 Å². The molecule has 1 fully saturated rings. The van der Waals surface area contributed by atoms with Gasteiger partial charge in [0.15, 0.2) is 0 Å². The summed E-state index contributed by atoms with van der Waals surface area (Å²) in [6.07, 6.45) is -3.53. The van der Waals surface area contributed by atoms with E-state index in [0.29, 0.717) is 11.1 Å². The molecule has 2 N–H and O–H groups in total. The molecule has 1 saturated heterocycles. The van der Waals surface area contributed by atoms with Gasteiger partial charge in [0.2, 0.25) is 0 Å². The molecule has 0 bridgehead atoms. The number of hydrogen-bond acceptors (Lipinski definition) is 9. The zero-order valence-corrected chi connectivity index (χ0v) is 21.1. The largest absolute Gasteiger partial charge is 1.00 e. The number of aliphatic hydroxyl groups excluding tert-OH is 1. The third-order valence-electron chi connectivity index (χ3n) is 4.11. The van der Waals surface area contributed by atoms with Crippen molar-refractivity contribution in [1.29, 1.82) is 5.26 Å². The molecule has 1 aromatic heterocycles. The molecular formula is C16H14N3Na2O8P. The van der Waals surface area contributed by atoms with Crippen LogP contribution in [0.5, 0.6) is 5.88 Å². The number of phosphoric acid groups is 1. The minimum atomic E-state index is -5.01. The molecule has 0 saturated carbocycles. The molecule has 2 heterocycles. The van der Waals surface area contributed by atoms with Crippen LogP contribution in [0.25, 0.3) is 11.3 Å². The van der Waals surface area contributed by atoms with Crippen molar-refractivity contribution in [3.05, 3.63) is 46.4 Å². The minimum absolute atomic E-state index is 0. The van der Waals surface area contributed by atoms with E-state index in [-0.39, 0.29) is 71.2 Å². The first-order chi connectivity index (χ1) is 13.2. The Morgan fingerprint density at radius 1 is 1.40 bits per heavy atom. The molecule has 3 rings (SSSR count). The number of benzene rings is 1. The Balaban J connectivity index is 0.00000225. The van der Waals surface area contributed by atoms with Gasteiger partial charge < -0.3 is 29.3 Å². The van der Waals surface area contributed by atoms with Crippen LogP contribution in [-0.4, -0.2) is 38.4 Å². The molecule has 1 unspecified atom stereocenters. The fraction of sp³-hybridized carbons (Fsp3) is 0.312. The van der Waals surface area contributed by atoms with Crippen LogP contribution >= 0.6 is 7.82 Å². The first kappa shape index (κ1) is 27.5. The summed E-state index contributed by atoms with van der Waals surface area (Å²) in [5.41, 5.74) is -0.126. The molecular weight excluding hydrogens is 439 g/mol. The summed E-state index contributed by atoms with van der Waals surface area (Å²) in [5.74, 6) is -0.787. The molecule has 0 amide bonds. The summed E-state index contributed by atoms with van der Waals surface area (Å²) in [5, 5.41) is 30.9. The fourth-order valence-corrected chi connectivity index (χ4v) is 3.24. The van der Waals surface area contributed by atoms with Gasteiger partial charge >= 0.3 is 64.8 Å². The van der Waals surface area contributed by atoms with Crippen LogP contribution < -0.4 is 74.8 Å². The van der Waals surface area contributed by atoms with Crippen LogP contribution in [0.15, 0.2) is 35.1 Å². The van der Waals surface area contributed by atoms with E-state index in [1.165, 1.54) is 6.07 Å². The normalized spacial score (nSPS) is 22.3. The second-order valence-electron chi connectivity index (χ2n) is 6.02. The predicted molar refractivity (Wildman–Crippen MR) is 88.4 cm³/mol. The van der Waals surface area contributed by atoms with Crippen molar-refractivity contribution in [3.63, 3.8) is 0 Å².